The fourth-order valence-corrected chi connectivity index (χ4v) is 4.76. The first-order valence-corrected chi connectivity index (χ1v) is 9.54. The number of hydrogen-bond acceptors (Lipinski definition) is 6. The molecule has 0 heterocycles. The number of aliphatic carboxylic acids is 1. The van der Waals surface area contributed by atoms with Gasteiger partial charge in [-0.2, -0.15) is 0 Å². The molecule has 0 aromatic heterocycles. The first-order valence-electron chi connectivity index (χ1n) is 8.05. The second-order valence-electron chi connectivity index (χ2n) is 6.33. The van der Waals surface area contributed by atoms with Crippen molar-refractivity contribution in [1.82, 2.24) is 4.72 Å². The zero-order valence-electron chi connectivity index (χ0n) is 15.1. The summed E-state index contributed by atoms with van der Waals surface area (Å²) in [5, 5.41) is 22.1. The van der Waals surface area contributed by atoms with Crippen LogP contribution in [0.4, 0.5) is 5.69 Å². The second-order valence-corrected chi connectivity index (χ2v) is 7.98. The van der Waals surface area contributed by atoms with E-state index >= 15 is 0 Å². The smallest absolute Gasteiger partial charge is 0.269 e. The Morgan fingerprint density at radius 3 is 2.26 bits per heavy atom. The van der Waals surface area contributed by atoms with Crippen LogP contribution >= 0.6 is 0 Å². The van der Waals surface area contributed by atoms with Gasteiger partial charge in [-0.15, -0.1) is 0 Å². The predicted octanol–water partition coefficient (Wildman–Crippen LogP) is 1.68. The average Bonchev–Trinajstić information content (AvgIpc) is 2.52. The number of nitrogens with zero attached hydrogens (tertiary/aromatic N) is 1. The molecule has 0 fully saturated rings. The molecule has 2 aromatic carbocycles. The Morgan fingerprint density at radius 2 is 1.74 bits per heavy atom. The Labute approximate surface area is 157 Å². The molecule has 144 valence electrons. The van der Waals surface area contributed by atoms with E-state index in [0.29, 0.717) is 11.1 Å². The number of sulfonamides is 1. The lowest BCUT2D eigenvalue weighted by Gasteiger charge is -2.21. The number of hydrogen-bond donors (Lipinski definition) is 1. The highest BCUT2D eigenvalue weighted by atomic mass is 32.2. The first kappa shape index (κ1) is 20.5. The van der Waals surface area contributed by atoms with Crippen molar-refractivity contribution in [1.29, 1.82) is 0 Å². The summed E-state index contributed by atoms with van der Waals surface area (Å²) in [7, 11) is -4.08. The monoisotopic (exact) mass is 391 g/mol. The third-order valence-corrected chi connectivity index (χ3v) is 5.80. The van der Waals surface area contributed by atoms with Crippen LogP contribution in [-0.4, -0.2) is 19.3 Å². The molecule has 2 aromatic rings. The van der Waals surface area contributed by atoms with E-state index in [-0.39, 0.29) is 16.1 Å². The summed E-state index contributed by atoms with van der Waals surface area (Å²) in [6.45, 7) is 5.14. The number of benzene rings is 2. The van der Waals surface area contributed by atoms with Gasteiger partial charge in [-0.3, -0.25) is 10.1 Å². The number of nitrogens with one attached hydrogen (secondary N) is 1. The molecule has 0 saturated heterocycles. The van der Waals surface area contributed by atoms with Crippen molar-refractivity contribution in [2.24, 2.45) is 0 Å². The van der Waals surface area contributed by atoms with Gasteiger partial charge in [-0.05, 0) is 37.5 Å². The van der Waals surface area contributed by atoms with Crippen LogP contribution in [0.3, 0.4) is 0 Å². The molecule has 0 saturated carbocycles. The topological polar surface area (TPSA) is 129 Å². The minimum absolute atomic E-state index is 0.0573. The van der Waals surface area contributed by atoms with Crippen LogP contribution in [-0.2, 0) is 14.8 Å². The average molecular weight is 391 g/mol. The number of non-ortho nitro benzene ring substituents is 1. The summed E-state index contributed by atoms with van der Waals surface area (Å²) < 4.78 is 28.2. The van der Waals surface area contributed by atoms with Crippen molar-refractivity contribution >= 4 is 21.7 Å². The number of rotatable bonds is 7. The Morgan fingerprint density at radius 1 is 1.15 bits per heavy atom. The van der Waals surface area contributed by atoms with Gasteiger partial charge in [0.15, 0.2) is 0 Å². The molecule has 0 aliphatic heterocycles. The molecule has 8 nitrogen and oxygen atoms in total. The zero-order chi connectivity index (χ0) is 20.4. The van der Waals surface area contributed by atoms with E-state index in [2.05, 4.69) is 4.72 Å². The standard InChI is InChI=1S/C18H20N2O6S/c1-11-7-12(2)18(13(3)8-11)27(25,26)19-16(10-17(21)22)14-5-4-6-15(9-14)20(23)24/h4-9,16,19H,10H2,1-3H3,(H,21,22)/p-1. The van der Waals surface area contributed by atoms with Crippen molar-refractivity contribution in [2.45, 2.75) is 38.1 Å². The largest absolute Gasteiger partial charge is 0.550 e. The van der Waals surface area contributed by atoms with Crippen molar-refractivity contribution in [2.75, 3.05) is 0 Å². The lowest BCUT2D eigenvalue weighted by molar-refractivity contribution is -0.385. The number of carboxylic acids is 1. The second kappa shape index (κ2) is 7.85. The molecule has 1 unspecified atom stereocenters. The predicted molar refractivity (Wildman–Crippen MR) is 96.4 cm³/mol. The van der Waals surface area contributed by atoms with Gasteiger partial charge in [0.1, 0.15) is 0 Å². The van der Waals surface area contributed by atoms with Gasteiger partial charge in [0.25, 0.3) is 5.69 Å². The highest BCUT2D eigenvalue weighted by Crippen LogP contribution is 2.27. The Hall–Kier alpha value is -2.78. The van der Waals surface area contributed by atoms with Crippen molar-refractivity contribution in [3.05, 3.63) is 68.8 Å². The molecule has 1 N–H and O–H groups in total. The minimum atomic E-state index is -4.08. The molecular weight excluding hydrogens is 372 g/mol. The summed E-state index contributed by atoms with van der Waals surface area (Å²) >= 11 is 0. The molecule has 2 rings (SSSR count). The molecule has 0 aliphatic carbocycles. The molecule has 0 amide bonds. The zero-order valence-corrected chi connectivity index (χ0v) is 15.9. The Balaban J connectivity index is 2.49. The van der Waals surface area contributed by atoms with Crippen LogP contribution < -0.4 is 9.83 Å². The third kappa shape index (κ3) is 4.89. The SMILES string of the molecule is Cc1cc(C)c(S(=O)(=O)NC(CC(=O)[O-])c2cccc([N+](=O)[O-])c2)c(C)c1. The van der Waals surface area contributed by atoms with Gasteiger partial charge in [-0.25, -0.2) is 13.1 Å². The maximum absolute atomic E-state index is 12.9. The van der Waals surface area contributed by atoms with Crippen molar-refractivity contribution in [3.63, 3.8) is 0 Å². The van der Waals surface area contributed by atoms with E-state index in [1.807, 2.05) is 6.92 Å². The van der Waals surface area contributed by atoms with E-state index in [0.717, 1.165) is 11.6 Å². The van der Waals surface area contributed by atoms with Gasteiger partial charge >= 0.3 is 0 Å². The van der Waals surface area contributed by atoms with Gasteiger partial charge < -0.3 is 9.90 Å². The maximum atomic E-state index is 12.9. The van der Waals surface area contributed by atoms with Crippen LogP contribution in [0, 0.1) is 30.9 Å². The lowest BCUT2D eigenvalue weighted by atomic mass is 10.0. The first-order chi connectivity index (χ1) is 12.5. The molecule has 1 atom stereocenters. The molecule has 27 heavy (non-hydrogen) atoms. The van der Waals surface area contributed by atoms with E-state index < -0.39 is 33.4 Å². The number of carboxylic acid groups (broad SMARTS) is 1. The summed E-state index contributed by atoms with van der Waals surface area (Å²) in [4.78, 5) is 21.5. The van der Waals surface area contributed by atoms with Crippen LogP contribution in [0.1, 0.15) is 34.7 Å². The van der Waals surface area contributed by atoms with E-state index in [4.69, 9.17) is 0 Å². The fourth-order valence-electron chi connectivity index (χ4n) is 3.09. The van der Waals surface area contributed by atoms with Crippen molar-refractivity contribution in [3.8, 4) is 0 Å². The highest BCUT2D eigenvalue weighted by molar-refractivity contribution is 7.89. The quantitative estimate of drug-likeness (QED) is 0.564. The van der Waals surface area contributed by atoms with Gasteiger partial charge in [0, 0.05) is 24.5 Å². The van der Waals surface area contributed by atoms with E-state index in [1.54, 1.807) is 26.0 Å². The van der Waals surface area contributed by atoms with E-state index in [9.17, 15) is 28.4 Å². The number of carbonyl (C=O) groups excluding carboxylic acids is 1. The number of aryl methyl sites for hydroxylation is 3. The lowest BCUT2D eigenvalue weighted by Crippen LogP contribution is -2.34. The molecule has 0 bridgehead atoms. The van der Waals surface area contributed by atoms with E-state index in [1.165, 1.54) is 18.2 Å². The number of nitro benzene ring substituents is 1. The van der Waals surface area contributed by atoms with Crippen LogP contribution in [0.25, 0.3) is 0 Å². The number of nitro groups is 1. The highest BCUT2D eigenvalue weighted by Gasteiger charge is 2.26. The van der Waals surface area contributed by atoms with Gasteiger partial charge in [0.05, 0.1) is 15.9 Å². The summed E-state index contributed by atoms with van der Waals surface area (Å²) in [6.07, 6.45) is -0.662. The Bertz CT molecular complexity index is 978. The maximum Gasteiger partial charge on any atom is 0.269 e. The molecule has 0 radical (unpaired) electrons. The molecule has 0 spiro atoms. The number of carbonyl (C=O) groups is 1. The summed E-state index contributed by atoms with van der Waals surface area (Å²) in [5.41, 5.74) is 1.84. The van der Waals surface area contributed by atoms with Gasteiger partial charge in [0.2, 0.25) is 10.0 Å². The molecule has 9 heteroatoms. The molecular formula is C18H19N2O6S-. The Kier molecular flexibility index (Phi) is 5.97. The van der Waals surface area contributed by atoms with Crippen molar-refractivity contribution < 1.29 is 23.2 Å². The van der Waals surface area contributed by atoms with Crippen LogP contribution in [0.2, 0.25) is 0 Å². The molecule has 0 aliphatic rings. The van der Waals surface area contributed by atoms with Gasteiger partial charge in [-0.1, -0.05) is 29.8 Å². The fraction of sp³-hybridized carbons (Fsp3) is 0.278. The summed E-state index contributed by atoms with van der Waals surface area (Å²) in [6, 6.07) is 7.39. The third-order valence-electron chi connectivity index (χ3n) is 4.02. The van der Waals surface area contributed by atoms with Crippen LogP contribution in [0.5, 0.6) is 0 Å². The minimum Gasteiger partial charge on any atom is -0.550 e. The summed E-state index contributed by atoms with van der Waals surface area (Å²) in [5.74, 6) is -1.48. The van der Waals surface area contributed by atoms with Crippen LogP contribution in [0.15, 0.2) is 41.3 Å². The normalized spacial score (nSPS) is 12.6.